The van der Waals surface area contributed by atoms with Crippen LogP contribution in [0.1, 0.15) is 78.6 Å². The number of rotatable bonds is 3. The van der Waals surface area contributed by atoms with Crippen molar-refractivity contribution in [3.8, 4) is 0 Å². The van der Waals surface area contributed by atoms with Gasteiger partial charge in [-0.2, -0.15) is 0 Å². The Morgan fingerprint density at radius 3 is 2.33 bits per heavy atom. The number of Topliss-reactive ketones (excluding diaryl/α,β-unsaturated/α-hetero) is 1. The number of fused-ring (bicyclic) bond motifs is 5. The molecule has 3 nitrogen and oxygen atoms in total. The van der Waals surface area contributed by atoms with Gasteiger partial charge in [-0.05, 0) is 6.92 Å². The van der Waals surface area contributed by atoms with Crippen molar-refractivity contribution < 1.29 is 35.5 Å². The van der Waals surface area contributed by atoms with Crippen LogP contribution in [0.5, 0.6) is 0 Å². The zero-order valence-electron chi connectivity index (χ0n) is 17.4. The van der Waals surface area contributed by atoms with Gasteiger partial charge in [-0.3, -0.25) is 4.79 Å². The fourth-order valence-electron chi connectivity index (χ4n) is 8.17. The normalized spacial score (nSPS) is 49.0. The third-order valence-electron chi connectivity index (χ3n) is 9.52. The van der Waals surface area contributed by atoms with Gasteiger partial charge in [0.2, 0.25) is 0 Å². The molecule has 0 aromatic carbocycles. The van der Waals surface area contributed by atoms with E-state index in [9.17, 15) is 9.59 Å². The van der Waals surface area contributed by atoms with Crippen LogP contribution in [-0.2, 0) is 9.53 Å². The number of alkyl halides is 1. The first-order valence-corrected chi connectivity index (χ1v) is 14.2. The molecular weight excluding hydrogens is 451 g/mol. The summed E-state index contributed by atoms with van der Waals surface area (Å²) in [6, 6.07) is 0. The van der Waals surface area contributed by atoms with Crippen molar-refractivity contribution in [3.63, 3.8) is 0 Å². The van der Waals surface area contributed by atoms with Gasteiger partial charge in [0, 0.05) is 0 Å². The van der Waals surface area contributed by atoms with Crippen LogP contribution >= 0.6 is 0 Å². The molecule has 0 aromatic rings. The minimum atomic E-state index is -0.440. The molecule has 0 unspecified atom stereocenters. The van der Waals surface area contributed by atoms with Crippen molar-refractivity contribution in [1.82, 2.24) is 0 Å². The van der Waals surface area contributed by atoms with Gasteiger partial charge in [-0.15, -0.1) is 0 Å². The average Bonchev–Trinajstić information content (AvgIpc) is 2.99. The van der Waals surface area contributed by atoms with Crippen LogP contribution in [0.4, 0.5) is 4.79 Å². The molecule has 0 amide bonds. The molecule has 0 spiro atoms. The molecule has 0 aliphatic heterocycles. The molecule has 4 rings (SSSR count). The van der Waals surface area contributed by atoms with Crippen LogP contribution in [0.2, 0.25) is 0 Å². The Labute approximate surface area is 175 Å². The molecule has 4 saturated carbocycles. The third kappa shape index (κ3) is 3.20. The topological polar surface area (TPSA) is 43.4 Å². The van der Waals surface area contributed by atoms with E-state index in [1.807, 2.05) is 11.9 Å². The molecule has 27 heavy (non-hydrogen) atoms. The molecule has 4 heteroatoms. The standard InChI is InChI=1S/C23H36IO3/c1-14(25)18-7-8-19-17-6-5-15-13-16(27-21(26)24-4)9-11-22(15,2)20(17)10-12-23(18,19)3/h15-20H,5-13H2,1-4H3/q-1/t15-,16+,17-,18+,19-,20-,22-,23+/m0/s1. The second-order valence-corrected chi connectivity index (χ2v) is 12.3. The fourth-order valence-corrected chi connectivity index (χ4v) is 8.78. The van der Waals surface area contributed by atoms with Gasteiger partial charge in [0.05, 0.1) is 0 Å². The van der Waals surface area contributed by atoms with Crippen molar-refractivity contribution in [2.24, 2.45) is 40.4 Å². The number of hydrogen-bond acceptors (Lipinski definition) is 3. The molecule has 0 bridgehead atoms. The number of ether oxygens (including phenoxy) is 1. The molecule has 8 atom stereocenters. The van der Waals surface area contributed by atoms with Crippen molar-refractivity contribution >= 4 is 9.76 Å². The summed E-state index contributed by atoms with van der Waals surface area (Å²) in [5.41, 5.74) is 0.677. The van der Waals surface area contributed by atoms with E-state index in [1.165, 1.54) is 38.5 Å². The zero-order chi connectivity index (χ0) is 19.4. The summed E-state index contributed by atoms with van der Waals surface area (Å²) >= 11 is -0.440. The van der Waals surface area contributed by atoms with Gasteiger partial charge in [0.1, 0.15) is 0 Å². The first-order chi connectivity index (χ1) is 12.8. The quantitative estimate of drug-likeness (QED) is 0.349. The Kier molecular flexibility index (Phi) is 5.44. The van der Waals surface area contributed by atoms with Gasteiger partial charge < -0.3 is 0 Å². The molecule has 0 aromatic heterocycles. The van der Waals surface area contributed by atoms with E-state index >= 15 is 0 Å². The summed E-state index contributed by atoms with van der Waals surface area (Å²) in [6.45, 7) is 6.81. The van der Waals surface area contributed by atoms with Crippen molar-refractivity contribution in [3.05, 3.63) is 0 Å². The average molecular weight is 487 g/mol. The Hall–Kier alpha value is -0.130. The molecule has 0 radical (unpaired) electrons. The summed E-state index contributed by atoms with van der Waals surface area (Å²) in [4.78, 5) is 26.1. The van der Waals surface area contributed by atoms with Crippen molar-refractivity contribution in [2.45, 2.75) is 84.7 Å². The van der Waals surface area contributed by atoms with Crippen LogP contribution in [-0.4, -0.2) is 20.8 Å². The Bertz CT molecular complexity index is 619. The number of halogens is 1. The molecule has 4 fully saturated rings. The van der Waals surface area contributed by atoms with Crippen molar-refractivity contribution in [2.75, 3.05) is 4.93 Å². The molecule has 4 aliphatic carbocycles. The van der Waals surface area contributed by atoms with E-state index in [-0.39, 0.29) is 15.5 Å². The summed E-state index contributed by atoms with van der Waals surface area (Å²) in [5.74, 6) is 3.84. The predicted molar refractivity (Wildman–Crippen MR) is 102 cm³/mol. The van der Waals surface area contributed by atoms with Gasteiger partial charge in [-0.25, -0.2) is 0 Å². The first-order valence-electron chi connectivity index (χ1n) is 11.0. The maximum absolute atomic E-state index is 12.3. The number of carbonyl (C=O) groups is 2. The summed E-state index contributed by atoms with van der Waals surface area (Å²) in [6.07, 6.45) is 11.1. The molecule has 0 saturated heterocycles. The van der Waals surface area contributed by atoms with E-state index in [0.29, 0.717) is 17.1 Å². The maximum atomic E-state index is 12.3. The molecule has 154 valence electrons. The van der Waals surface area contributed by atoms with Crippen LogP contribution in [0.3, 0.4) is 0 Å². The Morgan fingerprint density at radius 1 is 0.926 bits per heavy atom. The Balaban J connectivity index is 1.51. The van der Waals surface area contributed by atoms with E-state index in [4.69, 9.17) is 4.74 Å². The van der Waals surface area contributed by atoms with Gasteiger partial charge in [0.15, 0.2) is 0 Å². The molecular formula is C23H36IO3-. The summed E-state index contributed by atoms with van der Waals surface area (Å²) in [5, 5.41) is 0. The summed E-state index contributed by atoms with van der Waals surface area (Å²) in [7, 11) is 0. The van der Waals surface area contributed by atoms with Crippen LogP contribution in [0.25, 0.3) is 0 Å². The third-order valence-corrected chi connectivity index (χ3v) is 10.7. The van der Waals surface area contributed by atoms with Gasteiger partial charge >= 0.3 is 164 Å². The molecule has 0 heterocycles. The number of ketones is 1. The predicted octanol–water partition coefficient (Wildman–Crippen LogP) is 2.46. The fraction of sp³-hybridized carbons (Fsp3) is 0.913. The number of hydrogen-bond donors (Lipinski definition) is 0. The second-order valence-electron chi connectivity index (χ2n) is 10.4. The zero-order valence-corrected chi connectivity index (χ0v) is 19.6. The summed E-state index contributed by atoms with van der Waals surface area (Å²) < 4.78 is 5.84. The van der Waals surface area contributed by atoms with Gasteiger partial charge in [-0.1, -0.05) is 0 Å². The van der Waals surface area contributed by atoms with Gasteiger partial charge in [0.25, 0.3) is 0 Å². The number of carbonyl (C=O) groups excluding carboxylic acids is 2. The van der Waals surface area contributed by atoms with Crippen LogP contribution in [0.15, 0.2) is 0 Å². The van der Waals surface area contributed by atoms with Crippen molar-refractivity contribution in [1.29, 1.82) is 0 Å². The minimum absolute atomic E-state index is 0.0748. The van der Waals surface area contributed by atoms with E-state index < -0.39 is 21.2 Å². The van der Waals surface area contributed by atoms with E-state index in [2.05, 4.69) is 13.8 Å². The van der Waals surface area contributed by atoms with E-state index in [1.54, 1.807) is 0 Å². The van der Waals surface area contributed by atoms with Crippen LogP contribution < -0.4 is 21.2 Å². The van der Waals surface area contributed by atoms with E-state index in [0.717, 1.165) is 42.9 Å². The SMILES string of the molecule is C[I-]C(=O)O[C@@H]1CC[C@@]2(C)[C@@H](CC[C@@H]3[C@@H]2CC[C@]2(C)[C@@H](C(C)=O)CC[C@@H]32)C1. The van der Waals surface area contributed by atoms with Crippen LogP contribution in [0, 0.1) is 40.4 Å². The molecule has 4 aliphatic rings. The first kappa shape index (κ1) is 20.2. The second kappa shape index (κ2) is 7.28. The molecule has 0 N–H and O–H groups in total. The Morgan fingerprint density at radius 2 is 1.63 bits per heavy atom. The monoisotopic (exact) mass is 487 g/mol.